The summed E-state index contributed by atoms with van der Waals surface area (Å²) in [5.41, 5.74) is 1.77. The first-order valence-corrected chi connectivity index (χ1v) is 7.69. The summed E-state index contributed by atoms with van der Waals surface area (Å²) in [7, 11) is 0. The number of hydrogen-bond acceptors (Lipinski definition) is 3. The summed E-state index contributed by atoms with van der Waals surface area (Å²) in [5, 5.41) is 2.71. The second-order valence-corrected chi connectivity index (χ2v) is 5.36. The lowest BCUT2D eigenvalue weighted by molar-refractivity contribution is 0.0949. The average Bonchev–Trinajstić information content (AvgIpc) is 2.97. The van der Waals surface area contributed by atoms with Gasteiger partial charge in [0.25, 0.3) is 5.91 Å². The fourth-order valence-corrected chi connectivity index (χ4v) is 2.49. The largest absolute Gasteiger partial charge is 0.445 e. The molecule has 0 spiro atoms. The van der Waals surface area contributed by atoms with Gasteiger partial charge in [0.05, 0.1) is 5.56 Å². The molecule has 1 heterocycles. The molecule has 1 aromatic heterocycles. The summed E-state index contributed by atoms with van der Waals surface area (Å²) in [6.45, 7) is 2.12. The van der Waals surface area contributed by atoms with Crippen molar-refractivity contribution in [3.63, 3.8) is 0 Å². The minimum absolute atomic E-state index is 0.0366. The number of aryl methyl sites for hydroxylation is 1. The minimum Gasteiger partial charge on any atom is -0.445 e. The fourth-order valence-electron chi connectivity index (χ4n) is 2.49. The summed E-state index contributed by atoms with van der Waals surface area (Å²) < 4.78 is 19.2. The lowest BCUT2D eigenvalue weighted by atomic mass is 10.1. The van der Waals surface area contributed by atoms with Crippen LogP contribution in [0, 0.1) is 12.7 Å². The highest BCUT2D eigenvalue weighted by Gasteiger charge is 2.14. The Kier molecular flexibility index (Phi) is 4.70. The Morgan fingerprint density at radius 1 is 1.12 bits per heavy atom. The monoisotopic (exact) mass is 324 g/mol. The summed E-state index contributed by atoms with van der Waals surface area (Å²) in [5.74, 6) is 0.304. The van der Waals surface area contributed by atoms with Crippen molar-refractivity contribution in [3.8, 4) is 11.3 Å². The Morgan fingerprint density at radius 2 is 1.83 bits per heavy atom. The quantitative estimate of drug-likeness (QED) is 0.777. The van der Waals surface area contributed by atoms with Gasteiger partial charge in [0.15, 0.2) is 5.89 Å². The van der Waals surface area contributed by atoms with Crippen LogP contribution in [0.25, 0.3) is 11.3 Å². The zero-order valence-electron chi connectivity index (χ0n) is 13.3. The van der Waals surface area contributed by atoms with Crippen LogP contribution in [-0.2, 0) is 6.42 Å². The predicted molar refractivity (Wildman–Crippen MR) is 89.1 cm³/mol. The van der Waals surface area contributed by atoms with Gasteiger partial charge in [-0.25, -0.2) is 9.37 Å². The number of carbonyl (C=O) groups excluding carboxylic acids is 1. The third kappa shape index (κ3) is 3.51. The Labute approximate surface area is 139 Å². The van der Waals surface area contributed by atoms with Crippen LogP contribution in [0.2, 0.25) is 0 Å². The highest BCUT2D eigenvalue weighted by molar-refractivity contribution is 5.94. The van der Waals surface area contributed by atoms with Crippen molar-refractivity contribution in [1.82, 2.24) is 10.3 Å². The summed E-state index contributed by atoms with van der Waals surface area (Å²) in [6, 6.07) is 15.6. The molecule has 4 nitrogen and oxygen atoms in total. The van der Waals surface area contributed by atoms with E-state index in [9.17, 15) is 9.18 Å². The number of aromatic nitrogens is 1. The maximum absolute atomic E-state index is 13.6. The molecule has 2 aromatic carbocycles. The first kappa shape index (κ1) is 15.9. The minimum atomic E-state index is -0.532. The van der Waals surface area contributed by atoms with E-state index in [1.165, 1.54) is 12.1 Å². The van der Waals surface area contributed by atoms with E-state index in [2.05, 4.69) is 10.3 Å². The van der Waals surface area contributed by atoms with Gasteiger partial charge in [-0.15, -0.1) is 0 Å². The number of halogens is 1. The topological polar surface area (TPSA) is 55.1 Å². The Bertz CT molecular complexity index is 844. The van der Waals surface area contributed by atoms with E-state index in [0.717, 1.165) is 11.3 Å². The van der Waals surface area contributed by atoms with E-state index >= 15 is 0 Å². The average molecular weight is 324 g/mol. The highest BCUT2D eigenvalue weighted by atomic mass is 19.1. The number of amides is 1. The number of nitrogens with one attached hydrogen (secondary N) is 1. The lowest BCUT2D eigenvalue weighted by Gasteiger charge is -2.06. The van der Waals surface area contributed by atoms with E-state index < -0.39 is 11.7 Å². The van der Waals surface area contributed by atoms with Crippen LogP contribution in [0.15, 0.2) is 59.0 Å². The molecule has 1 N–H and O–H groups in total. The van der Waals surface area contributed by atoms with Gasteiger partial charge in [-0.1, -0.05) is 42.5 Å². The van der Waals surface area contributed by atoms with Gasteiger partial charge in [0.2, 0.25) is 0 Å². The molecular weight excluding hydrogens is 307 g/mol. The number of benzene rings is 2. The molecule has 3 aromatic rings. The number of nitrogens with zero attached hydrogens (tertiary/aromatic N) is 1. The van der Waals surface area contributed by atoms with Crippen molar-refractivity contribution in [1.29, 1.82) is 0 Å². The molecule has 0 atom stereocenters. The van der Waals surface area contributed by atoms with E-state index in [-0.39, 0.29) is 5.56 Å². The third-order valence-corrected chi connectivity index (χ3v) is 3.61. The van der Waals surface area contributed by atoms with E-state index in [4.69, 9.17) is 4.42 Å². The van der Waals surface area contributed by atoms with Crippen molar-refractivity contribution >= 4 is 5.91 Å². The summed E-state index contributed by atoms with van der Waals surface area (Å²) in [6.07, 6.45) is 0.477. The van der Waals surface area contributed by atoms with Gasteiger partial charge in [-0.3, -0.25) is 4.79 Å². The molecule has 0 aliphatic rings. The number of rotatable bonds is 5. The molecule has 122 valence electrons. The second kappa shape index (κ2) is 7.08. The standard InChI is InChI=1S/C19H17FN2O2/c1-13-22-18(14-7-3-2-4-8-14)17(24-13)11-12-21-19(23)15-9-5-6-10-16(15)20/h2-10H,11-12H2,1H3,(H,21,23). The van der Waals surface area contributed by atoms with Crippen molar-refractivity contribution in [2.24, 2.45) is 0 Å². The van der Waals surface area contributed by atoms with Gasteiger partial charge in [0.1, 0.15) is 17.3 Å². The van der Waals surface area contributed by atoms with Crippen LogP contribution in [0.1, 0.15) is 22.0 Å². The van der Waals surface area contributed by atoms with Gasteiger partial charge in [0, 0.05) is 25.5 Å². The van der Waals surface area contributed by atoms with Crippen LogP contribution >= 0.6 is 0 Å². The molecule has 3 rings (SSSR count). The summed E-state index contributed by atoms with van der Waals surface area (Å²) in [4.78, 5) is 16.4. The van der Waals surface area contributed by atoms with E-state index in [1.807, 2.05) is 30.3 Å². The zero-order chi connectivity index (χ0) is 16.9. The second-order valence-electron chi connectivity index (χ2n) is 5.36. The molecule has 0 radical (unpaired) electrons. The highest BCUT2D eigenvalue weighted by Crippen LogP contribution is 2.23. The maximum Gasteiger partial charge on any atom is 0.254 e. The van der Waals surface area contributed by atoms with Crippen LogP contribution in [0.3, 0.4) is 0 Å². The zero-order valence-corrected chi connectivity index (χ0v) is 13.3. The van der Waals surface area contributed by atoms with Crippen molar-refractivity contribution < 1.29 is 13.6 Å². The molecule has 1 amide bonds. The molecule has 0 unspecified atom stereocenters. The first-order chi connectivity index (χ1) is 11.6. The Hall–Kier alpha value is -2.95. The molecular formula is C19H17FN2O2. The van der Waals surface area contributed by atoms with Gasteiger partial charge in [-0.2, -0.15) is 0 Å². The molecule has 0 fully saturated rings. The van der Waals surface area contributed by atoms with E-state index in [1.54, 1.807) is 19.1 Å². The van der Waals surface area contributed by atoms with Crippen LogP contribution in [0.5, 0.6) is 0 Å². The Morgan fingerprint density at radius 3 is 2.58 bits per heavy atom. The predicted octanol–water partition coefficient (Wildman–Crippen LogP) is 3.76. The third-order valence-electron chi connectivity index (χ3n) is 3.61. The molecule has 0 saturated heterocycles. The number of oxazole rings is 1. The molecule has 0 aliphatic carbocycles. The number of carbonyl (C=O) groups is 1. The normalized spacial score (nSPS) is 10.6. The molecule has 0 bridgehead atoms. The van der Waals surface area contributed by atoms with Gasteiger partial charge < -0.3 is 9.73 Å². The number of hydrogen-bond donors (Lipinski definition) is 1. The van der Waals surface area contributed by atoms with Crippen LogP contribution < -0.4 is 5.32 Å². The van der Waals surface area contributed by atoms with Crippen molar-refractivity contribution in [2.45, 2.75) is 13.3 Å². The maximum atomic E-state index is 13.6. The Balaban J connectivity index is 1.68. The fraction of sp³-hybridized carbons (Fsp3) is 0.158. The van der Waals surface area contributed by atoms with Crippen molar-refractivity contribution in [3.05, 3.63) is 77.6 Å². The lowest BCUT2D eigenvalue weighted by Crippen LogP contribution is -2.26. The summed E-state index contributed by atoms with van der Waals surface area (Å²) >= 11 is 0. The molecule has 0 aliphatic heterocycles. The van der Waals surface area contributed by atoms with Crippen molar-refractivity contribution in [2.75, 3.05) is 6.54 Å². The van der Waals surface area contributed by atoms with Gasteiger partial charge >= 0.3 is 0 Å². The molecule has 0 saturated carbocycles. The van der Waals surface area contributed by atoms with Crippen LogP contribution in [-0.4, -0.2) is 17.4 Å². The molecule has 24 heavy (non-hydrogen) atoms. The molecule has 5 heteroatoms. The SMILES string of the molecule is Cc1nc(-c2ccccc2)c(CCNC(=O)c2ccccc2F)o1. The smallest absolute Gasteiger partial charge is 0.254 e. The van der Waals surface area contributed by atoms with Gasteiger partial charge in [-0.05, 0) is 12.1 Å². The van der Waals surface area contributed by atoms with Crippen LogP contribution in [0.4, 0.5) is 4.39 Å². The van der Waals surface area contributed by atoms with E-state index in [0.29, 0.717) is 24.6 Å². The first-order valence-electron chi connectivity index (χ1n) is 7.69.